The van der Waals surface area contributed by atoms with Crippen molar-refractivity contribution in [3.63, 3.8) is 0 Å². The van der Waals surface area contributed by atoms with Crippen molar-refractivity contribution < 1.29 is 15.0 Å². The number of nitrogens with zero attached hydrogens (tertiary/aromatic N) is 3. The Kier molecular flexibility index (Phi) is 6.04. The van der Waals surface area contributed by atoms with Crippen LogP contribution < -0.4 is 5.73 Å². The van der Waals surface area contributed by atoms with Crippen molar-refractivity contribution in [1.29, 1.82) is 0 Å². The number of aliphatic hydroxyl groups excluding tert-OH is 1. The van der Waals surface area contributed by atoms with E-state index >= 15 is 0 Å². The third-order valence-corrected chi connectivity index (χ3v) is 6.68. The minimum Gasteiger partial charge on any atom is -0.390 e. The van der Waals surface area contributed by atoms with Crippen LogP contribution in [0.2, 0.25) is 0 Å². The molecule has 0 amide bonds. The predicted molar refractivity (Wildman–Crippen MR) is 122 cm³/mol. The molecule has 4 N–H and O–H groups in total. The molecule has 0 spiro atoms. The standard InChI is InChI=1S/C25H28N4O3/c1-15-10-17(12-22(31)25(15,2)32)19-8-9-27-13-18(19)11-21(30)23-24(26)28-14-20(29-23)16-6-4-3-5-7-16/h3-9,13-15,17,22,31-32H,10-12H2,1-2H3,(H2,26,28)/t15-,17+,22+,25+/m0/s1. The number of rotatable bonds is 5. The first-order valence-electron chi connectivity index (χ1n) is 10.8. The fraction of sp³-hybridized carbons (Fsp3) is 0.360. The van der Waals surface area contributed by atoms with E-state index in [1.54, 1.807) is 25.5 Å². The van der Waals surface area contributed by atoms with Crippen molar-refractivity contribution >= 4 is 11.6 Å². The van der Waals surface area contributed by atoms with Crippen molar-refractivity contribution in [1.82, 2.24) is 15.0 Å². The summed E-state index contributed by atoms with van der Waals surface area (Å²) in [5, 5.41) is 21.0. The number of hydrogen-bond acceptors (Lipinski definition) is 7. The average Bonchev–Trinajstić information content (AvgIpc) is 2.78. The molecule has 7 nitrogen and oxygen atoms in total. The van der Waals surface area contributed by atoms with Gasteiger partial charge in [-0.05, 0) is 48.8 Å². The monoisotopic (exact) mass is 432 g/mol. The molecule has 7 heteroatoms. The molecule has 4 rings (SSSR count). The highest BCUT2D eigenvalue weighted by Crippen LogP contribution is 2.42. The first kappa shape index (κ1) is 22.0. The molecule has 1 saturated carbocycles. The summed E-state index contributed by atoms with van der Waals surface area (Å²) in [6, 6.07) is 11.4. The number of nitrogen functional groups attached to an aromatic ring is 1. The van der Waals surface area contributed by atoms with Crippen molar-refractivity contribution in [2.75, 3.05) is 5.73 Å². The van der Waals surface area contributed by atoms with E-state index in [0.29, 0.717) is 18.5 Å². The highest BCUT2D eigenvalue weighted by atomic mass is 16.3. The second-order valence-corrected chi connectivity index (χ2v) is 8.84. The van der Waals surface area contributed by atoms with Gasteiger partial charge in [-0.2, -0.15) is 0 Å². The normalized spacial score (nSPS) is 25.4. The first-order chi connectivity index (χ1) is 15.3. The number of benzene rings is 1. The second-order valence-electron chi connectivity index (χ2n) is 8.84. The zero-order valence-corrected chi connectivity index (χ0v) is 18.3. The quantitative estimate of drug-likeness (QED) is 0.529. The lowest BCUT2D eigenvalue weighted by Gasteiger charge is -2.43. The summed E-state index contributed by atoms with van der Waals surface area (Å²) >= 11 is 0. The molecule has 0 radical (unpaired) electrons. The minimum absolute atomic E-state index is 0.0186. The Morgan fingerprint density at radius 2 is 1.94 bits per heavy atom. The van der Waals surface area contributed by atoms with E-state index in [-0.39, 0.29) is 35.6 Å². The smallest absolute Gasteiger partial charge is 0.189 e. The summed E-state index contributed by atoms with van der Waals surface area (Å²) in [6.45, 7) is 3.61. The molecule has 1 aliphatic rings. The Bertz CT molecular complexity index is 1100. The minimum atomic E-state index is -1.12. The largest absolute Gasteiger partial charge is 0.390 e. The number of nitrogens with two attached hydrogens (primary N) is 1. The van der Waals surface area contributed by atoms with Gasteiger partial charge in [0.1, 0.15) is 5.69 Å². The zero-order chi connectivity index (χ0) is 22.9. The molecule has 4 atom stereocenters. The van der Waals surface area contributed by atoms with Gasteiger partial charge in [0, 0.05) is 24.4 Å². The third-order valence-electron chi connectivity index (χ3n) is 6.68. The molecule has 0 saturated heterocycles. The van der Waals surface area contributed by atoms with Gasteiger partial charge in [-0.1, -0.05) is 37.3 Å². The fourth-order valence-corrected chi connectivity index (χ4v) is 4.44. The van der Waals surface area contributed by atoms with Gasteiger partial charge in [-0.25, -0.2) is 9.97 Å². The maximum absolute atomic E-state index is 13.2. The summed E-state index contributed by atoms with van der Waals surface area (Å²) in [6.07, 6.45) is 5.32. The van der Waals surface area contributed by atoms with Crippen LogP contribution >= 0.6 is 0 Å². The molecule has 2 heterocycles. The average molecular weight is 433 g/mol. The first-order valence-corrected chi connectivity index (χ1v) is 10.8. The molecule has 0 unspecified atom stereocenters. The number of pyridine rings is 1. The van der Waals surface area contributed by atoms with Gasteiger partial charge in [0.15, 0.2) is 11.6 Å². The molecule has 1 aromatic carbocycles. The Labute approximate surface area is 187 Å². The number of hydrogen-bond donors (Lipinski definition) is 3. The lowest BCUT2D eigenvalue weighted by molar-refractivity contribution is -0.123. The van der Waals surface area contributed by atoms with Gasteiger partial charge < -0.3 is 15.9 Å². The summed E-state index contributed by atoms with van der Waals surface area (Å²) < 4.78 is 0. The Morgan fingerprint density at radius 1 is 1.19 bits per heavy atom. The Morgan fingerprint density at radius 3 is 2.66 bits per heavy atom. The molecule has 0 aliphatic heterocycles. The maximum atomic E-state index is 13.2. The number of carbonyl (C=O) groups excluding carboxylic acids is 1. The second kappa shape index (κ2) is 8.76. The van der Waals surface area contributed by atoms with Crippen LogP contribution in [0.25, 0.3) is 11.3 Å². The topological polar surface area (TPSA) is 122 Å². The molecule has 32 heavy (non-hydrogen) atoms. The number of aromatic nitrogens is 3. The van der Waals surface area contributed by atoms with E-state index in [0.717, 1.165) is 16.7 Å². The van der Waals surface area contributed by atoms with Crippen molar-refractivity contribution in [3.05, 3.63) is 71.8 Å². The molecule has 1 fully saturated rings. The van der Waals surface area contributed by atoms with Gasteiger partial charge in [-0.3, -0.25) is 9.78 Å². The van der Waals surface area contributed by atoms with Gasteiger partial charge >= 0.3 is 0 Å². The number of ketones is 1. The number of anilines is 1. The van der Waals surface area contributed by atoms with Crippen LogP contribution in [0.15, 0.2) is 55.0 Å². The van der Waals surface area contributed by atoms with E-state index < -0.39 is 11.7 Å². The predicted octanol–water partition coefficient (Wildman–Crippen LogP) is 3.17. The SMILES string of the molecule is C[C@H]1C[C@@H](c2ccncc2CC(=O)c2nc(-c3ccccc3)cnc2N)C[C@@H](O)[C@]1(C)O. The summed E-state index contributed by atoms with van der Waals surface area (Å²) in [5.74, 6) is -0.210. The summed E-state index contributed by atoms with van der Waals surface area (Å²) in [4.78, 5) is 26.1. The van der Waals surface area contributed by atoms with Crippen LogP contribution in [0, 0.1) is 5.92 Å². The maximum Gasteiger partial charge on any atom is 0.189 e. The van der Waals surface area contributed by atoms with E-state index in [2.05, 4.69) is 15.0 Å². The molecule has 1 aliphatic carbocycles. The van der Waals surface area contributed by atoms with Crippen molar-refractivity contribution in [2.24, 2.45) is 5.92 Å². The van der Waals surface area contributed by atoms with Crippen LogP contribution in [0.3, 0.4) is 0 Å². The van der Waals surface area contributed by atoms with Crippen molar-refractivity contribution in [2.45, 2.75) is 50.7 Å². The van der Waals surface area contributed by atoms with Crippen LogP contribution in [0.1, 0.15) is 54.2 Å². The van der Waals surface area contributed by atoms with Gasteiger partial charge in [0.2, 0.25) is 0 Å². The molecule has 0 bridgehead atoms. The van der Waals surface area contributed by atoms with E-state index in [1.807, 2.05) is 43.3 Å². The lowest BCUT2D eigenvalue weighted by atomic mass is 9.68. The summed E-state index contributed by atoms with van der Waals surface area (Å²) in [7, 11) is 0. The van der Waals surface area contributed by atoms with Gasteiger partial charge in [0.05, 0.1) is 23.6 Å². The Balaban J connectivity index is 1.61. The number of Topliss-reactive ketones (excluding diaryl/α,β-unsaturated/α-hetero) is 1. The summed E-state index contributed by atoms with van der Waals surface area (Å²) in [5.41, 5.74) is 8.19. The number of carbonyl (C=O) groups is 1. The van der Waals surface area contributed by atoms with Gasteiger partial charge in [0.25, 0.3) is 0 Å². The van der Waals surface area contributed by atoms with Crippen LogP contribution in [-0.4, -0.2) is 42.7 Å². The lowest BCUT2D eigenvalue weighted by Crippen LogP contribution is -2.49. The Hall–Kier alpha value is -3.16. The molecule has 166 valence electrons. The van der Waals surface area contributed by atoms with E-state index in [4.69, 9.17) is 5.73 Å². The van der Waals surface area contributed by atoms with Gasteiger partial charge in [-0.15, -0.1) is 0 Å². The van der Waals surface area contributed by atoms with E-state index in [1.165, 1.54) is 0 Å². The highest BCUT2D eigenvalue weighted by molar-refractivity contribution is 5.99. The van der Waals surface area contributed by atoms with Crippen LogP contribution in [-0.2, 0) is 6.42 Å². The molecular formula is C25H28N4O3. The van der Waals surface area contributed by atoms with Crippen LogP contribution in [0.5, 0.6) is 0 Å². The van der Waals surface area contributed by atoms with Crippen LogP contribution in [0.4, 0.5) is 5.82 Å². The molecule has 2 aromatic heterocycles. The highest BCUT2D eigenvalue weighted by Gasteiger charge is 2.43. The number of aliphatic hydroxyl groups is 2. The molecular weight excluding hydrogens is 404 g/mol. The zero-order valence-electron chi connectivity index (χ0n) is 18.3. The molecule has 3 aromatic rings. The fourth-order valence-electron chi connectivity index (χ4n) is 4.44. The van der Waals surface area contributed by atoms with Crippen molar-refractivity contribution in [3.8, 4) is 11.3 Å². The van der Waals surface area contributed by atoms with E-state index in [9.17, 15) is 15.0 Å². The third kappa shape index (κ3) is 4.26.